The molecule has 0 unspecified atom stereocenters. The van der Waals surface area contributed by atoms with Crippen LogP contribution in [0.4, 0.5) is 0 Å². The van der Waals surface area contributed by atoms with Crippen molar-refractivity contribution >= 4 is 11.8 Å². The molecule has 5 saturated heterocycles. The van der Waals surface area contributed by atoms with E-state index in [1.54, 1.807) is 0 Å². The number of piperidine rings is 2. The van der Waals surface area contributed by atoms with Crippen molar-refractivity contribution in [3.05, 3.63) is 0 Å². The van der Waals surface area contributed by atoms with Crippen molar-refractivity contribution in [2.45, 2.75) is 236 Å². The van der Waals surface area contributed by atoms with Crippen molar-refractivity contribution in [1.82, 2.24) is 24.5 Å². The molecule has 5 heterocycles. The average Bonchev–Trinajstić information content (AvgIpc) is 3.78. The van der Waals surface area contributed by atoms with Crippen molar-refractivity contribution in [3.8, 4) is 0 Å². The highest BCUT2D eigenvalue weighted by molar-refractivity contribution is 5.78. The second-order valence-electron chi connectivity index (χ2n) is 14.8. The van der Waals surface area contributed by atoms with Crippen molar-refractivity contribution < 1.29 is 9.59 Å². The molecule has 5 rings (SSSR count). The fourth-order valence-corrected chi connectivity index (χ4v) is 6.56. The van der Waals surface area contributed by atoms with Crippen LogP contribution in [-0.2, 0) is 9.59 Å². The van der Waals surface area contributed by atoms with E-state index >= 15 is 0 Å². The van der Waals surface area contributed by atoms with E-state index in [0.717, 1.165) is 56.9 Å². The molecule has 0 radical (unpaired) electrons. The first-order chi connectivity index (χ1) is 20.8. The number of nitrogens with zero attached hydrogens (tertiary/aromatic N) is 5. The van der Waals surface area contributed by atoms with Gasteiger partial charge in [-0.3, -0.25) is 9.59 Å². The molecular formula is C45H107N5O2. The molecule has 7 nitrogen and oxygen atoms in total. The van der Waals surface area contributed by atoms with E-state index in [-0.39, 0.29) is 59.4 Å². The van der Waals surface area contributed by atoms with Gasteiger partial charge in [-0.1, -0.05) is 72.3 Å². The van der Waals surface area contributed by atoms with Gasteiger partial charge in [0.2, 0.25) is 11.8 Å². The molecule has 7 heteroatoms. The lowest BCUT2D eigenvalue weighted by atomic mass is 10.1. The first-order valence-corrected chi connectivity index (χ1v) is 18.7. The van der Waals surface area contributed by atoms with Crippen LogP contribution in [0.3, 0.4) is 0 Å². The Balaban J connectivity index is -0.0000000747. The van der Waals surface area contributed by atoms with Crippen LogP contribution < -0.4 is 0 Å². The summed E-state index contributed by atoms with van der Waals surface area (Å²) in [4.78, 5) is 33.4. The Morgan fingerprint density at radius 1 is 0.308 bits per heavy atom. The van der Waals surface area contributed by atoms with Crippen LogP contribution in [0.25, 0.3) is 0 Å². The number of amides is 2. The third-order valence-electron chi connectivity index (χ3n) is 9.58. The van der Waals surface area contributed by atoms with Gasteiger partial charge in [-0.25, -0.2) is 0 Å². The predicted molar refractivity (Wildman–Crippen MR) is 243 cm³/mol. The Morgan fingerprint density at radius 3 is 0.635 bits per heavy atom. The van der Waals surface area contributed by atoms with Crippen LogP contribution >= 0.6 is 0 Å². The van der Waals surface area contributed by atoms with E-state index in [2.05, 4.69) is 83.9 Å². The molecule has 5 aliphatic heterocycles. The standard InChI is InChI=1S/2C8H17N.2C7H13NO.C7H15N.8CH4/c2*1-8(2)9-6-4-3-5-7-9;2*1-6(2)8-5-3-4-7(8)9;1-7(2)8-5-3-4-6-8;;;;;;;;/h2*8H,3-7H2,1-2H3;2*6H,3-5H2,1-2H3;7H,3-6H2,1-2H3;8*1H4. The highest BCUT2D eigenvalue weighted by atomic mass is 16.2. The third kappa shape index (κ3) is 29.2. The normalized spacial score (nSPS) is 18.4. The van der Waals surface area contributed by atoms with Gasteiger partial charge >= 0.3 is 0 Å². The number of likely N-dealkylation sites (tertiary alicyclic amines) is 5. The molecule has 2 amide bonds. The van der Waals surface area contributed by atoms with Crippen LogP contribution in [0, 0.1) is 0 Å². The molecule has 0 aliphatic carbocycles. The summed E-state index contributed by atoms with van der Waals surface area (Å²) in [6.45, 7) is 31.8. The summed E-state index contributed by atoms with van der Waals surface area (Å²) in [5.74, 6) is 0.648. The topological polar surface area (TPSA) is 50.3 Å². The monoisotopic (exact) mass is 750 g/mol. The van der Waals surface area contributed by atoms with Crippen LogP contribution in [-0.4, -0.2) is 119 Å². The van der Waals surface area contributed by atoms with E-state index in [4.69, 9.17) is 0 Å². The SMILES string of the molecule is C.C.C.C.C.C.C.C.CC(C)N1CCCC1.CC(C)N1CCCC1=O.CC(C)N1CCCC1=O.CC(C)N1CCCCC1.CC(C)N1CCCCC1. The minimum Gasteiger partial charge on any atom is -0.340 e. The van der Waals surface area contributed by atoms with Crippen molar-refractivity contribution in [3.63, 3.8) is 0 Å². The van der Waals surface area contributed by atoms with Crippen molar-refractivity contribution in [1.29, 1.82) is 0 Å². The molecular weight excluding hydrogens is 643 g/mol. The lowest BCUT2D eigenvalue weighted by molar-refractivity contribution is -0.129. The third-order valence-corrected chi connectivity index (χ3v) is 9.58. The smallest absolute Gasteiger partial charge is 0.222 e. The molecule has 0 aromatic rings. The van der Waals surface area contributed by atoms with E-state index in [1.165, 1.54) is 90.6 Å². The van der Waals surface area contributed by atoms with Gasteiger partial charge in [0.05, 0.1) is 0 Å². The maximum absolute atomic E-state index is 10.9. The molecule has 0 saturated carbocycles. The Kier molecular flexibility index (Phi) is 52.3. The zero-order valence-electron chi connectivity index (χ0n) is 31.1. The lowest BCUT2D eigenvalue weighted by Gasteiger charge is -2.29. The minimum absolute atomic E-state index is 0. The molecule has 0 aromatic heterocycles. The van der Waals surface area contributed by atoms with Gasteiger partial charge < -0.3 is 24.5 Å². The number of hydrogen-bond donors (Lipinski definition) is 0. The van der Waals surface area contributed by atoms with Gasteiger partial charge in [-0.2, -0.15) is 0 Å². The van der Waals surface area contributed by atoms with Crippen LogP contribution in [0.15, 0.2) is 0 Å². The summed E-state index contributed by atoms with van der Waals surface area (Å²) < 4.78 is 0. The van der Waals surface area contributed by atoms with Gasteiger partial charge in [0.1, 0.15) is 0 Å². The largest absolute Gasteiger partial charge is 0.340 e. The first kappa shape index (κ1) is 68.8. The Morgan fingerprint density at radius 2 is 0.519 bits per heavy atom. The Bertz CT molecular complexity index is 686. The molecule has 0 bridgehead atoms. The molecule has 5 fully saturated rings. The van der Waals surface area contributed by atoms with Gasteiger partial charge in [0.15, 0.2) is 0 Å². The number of carbonyl (C=O) groups excluding carboxylic acids is 2. The Hall–Kier alpha value is -1.18. The zero-order valence-corrected chi connectivity index (χ0v) is 31.1. The second-order valence-corrected chi connectivity index (χ2v) is 14.8. The first-order valence-electron chi connectivity index (χ1n) is 18.7. The van der Waals surface area contributed by atoms with Gasteiger partial charge in [0, 0.05) is 56.1 Å². The molecule has 0 aromatic carbocycles. The Labute approximate surface area is 333 Å². The summed E-state index contributed by atoms with van der Waals surface area (Å²) in [6, 6.07) is 3.12. The van der Waals surface area contributed by atoms with Crippen LogP contribution in [0.5, 0.6) is 0 Å². The summed E-state index contributed by atoms with van der Waals surface area (Å²) in [7, 11) is 0. The maximum atomic E-state index is 10.9. The molecule has 0 N–H and O–H groups in total. The minimum atomic E-state index is 0. The molecule has 0 atom stereocenters. The van der Waals surface area contributed by atoms with Crippen molar-refractivity contribution in [2.24, 2.45) is 0 Å². The van der Waals surface area contributed by atoms with E-state index in [9.17, 15) is 9.59 Å². The molecule has 324 valence electrons. The van der Waals surface area contributed by atoms with Crippen molar-refractivity contribution in [2.75, 3.05) is 52.4 Å². The van der Waals surface area contributed by atoms with Gasteiger partial charge in [0.25, 0.3) is 0 Å². The lowest BCUT2D eigenvalue weighted by Crippen LogP contribution is -2.35. The summed E-state index contributed by atoms with van der Waals surface area (Å²) in [6.07, 6.45) is 15.0. The number of rotatable bonds is 5. The highest BCUT2D eigenvalue weighted by Crippen LogP contribution is 2.14. The quantitative estimate of drug-likeness (QED) is 0.280. The molecule has 0 spiro atoms. The average molecular weight is 750 g/mol. The molecule has 52 heavy (non-hydrogen) atoms. The van der Waals surface area contributed by atoms with Crippen LogP contribution in [0.2, 0.25) is 0 Å². The summed E-state index contributed by atoms with van der Waals surface area (Å²) in [5.41, 5.74) is 0. The summed E-state index contributed by atoms with van der Waals surface area (Å²) >= 11 is 0. The zero-order chi connectivity index (χ0) is 33.1. The fourth-order valence-electron chi connectivity index (χ4n) is 6.56. The van der Waals surface area contributed by atoms with Crippen LogP contribution in [0.1, 0.15) is 206 Å². The predicted octanol–water partition coefficient (Wildman–Crippen LogP) is 12.4. The van der Waals surface area contributed by atoms with Gasteiger partial charge in [-0.05, 0) is 160 Å². The van der Waals surface area contributed by atoms with E-state index in [1.807, 2.05) is 9.80 Å². The fraction of sp³-hybridized carbons (Fsp3) is 0.956. The number of hydrogen-bond acceptors (Lipinski definition) is 5. The van der Waals surface area contributed by atoms with E-state index < -0.39 is 0 Å². The highest BCUT2D eigenvalue weighted by Gasteiger charge is 2.22. The molecule has 5 aliphatic rings. The number of carbonyl (C=O) groups is 2. The van der Waals surface area contributed by atoms with Gasteiger partial charge in [-0.15, -0.1) is 0 Å². The second kappa shape index (κ2) is 39.5. The van der Waals surface area contributed by atoms with E-state index in [0.29, 0.717) is 23.9 Å². The summed E-state index contributed by atoms with van der Waals surface area (Å²) in [5, 5.41) is 0. The maximum Gasteiger partial charge on any atom is 0.222 e.